The lowest BCUT2D eigenvalue weighted by Gasteiger charge is -2.33. The molecule has 2 aromatic carbocycles. The summed E-state index contributed by atoms with van der Waals surface area (Å²) in [6.07, 6.45) is 4.62. The van der Waals surface area contributed by atoms with Crippen LogP contribution in [0, 0.1) is 23.3 Å². The first-order chi connectivity index (χ1) is 14.5. The highest BCUT2D eigenvalue weighted by Crippen LogP contribution is 2.34. The molecule has 3 N–H and O–H groups in total. The molecule has 0 radical (unpaired) electrons. The molecule has 31 heavy (non-hydrogen) atoms. The number of aliphatic carboxylic acids is 1. The first kappa shape index (κ1) is 23.2. The van der Waals surface area contributed by atoms with Gasteiger partial charge in [0.25, 0.3) is 0 Å². The summed E-state index contributed by atoms with van der Waals surface area (Å²) in [4.78, 5) is 13.8. The van der Waals surface area contributed by atoms with Crippen molar-refractivity contribution in [2.45, 2.75) is 49.5 Å². The Morgan fingerprint density at radius 1 is 0.903 bits per heavy atom. The average molecular weight is 441 g/mol. The Morgan fingerprint density at radius 2 is 1.32 bits per heavy atom. The molecule has 0 aromatic heterocycles. The van der Waals surface area contributed by atoms with E-state index >= 15 is 0 Å². The van der Waals surface area contributed by atoms with Crippen LogP contribution in [0.1, 0.15) is 36.8 Å². The normalized spacial score (nSPS) is 23.3. The van der Waals surface area contributed by atoms with E-state index in [-0.39, 0.29) is 6.10 Å². The Balaban J connectivity index is 0.000000225. The van der Waals surface area contributed by atoms with Crippen LogP contribution in [0.3, 0.4) is 0 Å². The van der Waals surface area contributed by atoms with Crippen molar-refractivity contribution in [3.63, 3.8) is 0 Å². The number of hydrogen-bond acceptors (Lipinski definition) is 4. The van der Waals surface area contributed by atoms with Crippen molar-refractivity contribution in [3.05, 3.63) is 70.8 Å². The van der Waals surface area contributed by atoms with E-state index < -0.39 is 46.0 Å². The first-order valence-electron chi connectivity index (χ1n) is 9.80. The quantitative estimate of drug-likeness (QED) is 0.638. The summed E-state index contributed by atoms with van der Waals surface area (Å²) in [5.74, 6) is -7.09. The lowest BCUT2D eigenvalue weighted by atomic mass is 9.86. The van der Waals surface area contributed by atoms with Crippen molar-refractivity contribution < 1.29 is 37.7 Å². The third-order valence-corrected chi connectivity index (χ3v) is 6.06. The molecular formula is C22H23F4NO4. The van der Waals surface area contributed by atoms with Gasteiger partial charge in [0.1, 0.15) is 0 Å². The fourth-order valence-electron chi connectivity index (χ4n) is 4.24. The summed E-state index contributed by atoms with van der Waals surface area (Å²) in [5.41, 5.74) is -3.90. The van der Waals surface area contributed by atoms with Crippen molar-refractivity contribution in [3.8, 4) is 0 Å². The number of nitrogens with zero attached hydrogens (tertiary/aromatic N) is 1. The summed E-state index contributed by atoms with van der Waals surface area (Å²) in [7, 11) is 2.19. The van der Waals surface area contributed by atoms with Gasteiger partial charge in [-0.05, 0) is 57.0 Å². The molecule has 0 aliphatic carbocycles. The molecule has 2 fully saturated rings. The van der Waals surface area contributed by atoms with Crippen LogP contribution >= 0.6 is 0 Å². The van der Waals surface area contributed by atoms with Crippen LogP contribution in [0.15, 0.2) is 36.4 Å². The second kappa shape index (κ2) is 8.94. The van der Waals surface area contributed by atoms with Gasteiger partial charge in [0, 0.05) is 23.2 Å². The standard InChI is InChI=1S/C14H8F4O3.C8H15NO/c15-9-3-1-7(5-11(9)17)14(21,13(19)20)8-2-4-10(16)12(18)6-8;1-9-6-2-3-7(9)5-8(10)4-6/h1-6,21H,(H,19,20);6-8,10H,2-5H2,1H3/t;6-,7+,8?. The Hall–Kier alpha value is -2.49. The molecule has 0 amide bonds. The zero-order valence-corrected chi connectivity index (χ0v) is 16.7. The molecule has 5 nitrogen and oxygen atoms in total. The second-order valence-corrected chi connectivity index (χ2v) is 7.95. The molecule has 2 bridgehead atoms. The Labute approximate surface area is 176 Å². The number of hydrogen-bond donors (Lipinski definition) is 3. The Kier molecular flexibility index (Phi) is 6.68. The van der Waals surface area contributed by atoms with E-state index in [0.717, 1.165) is 25.0 Å². The highest BCUT2D eigenvalue weighted by molar-refractivity contribution is 5.83. The van der Waals surface area contributed by atoms with Gasteiger partial charge in [0.15, 0.2) is 23.3 Å². The van der Waals surface area contributed by atoms with Crippen molar-refractivity contribution in [1.82, 2.24) is 4.90 Å². The Bertz CT molecular complexity index is 905. The van der Waals surface area contributed by atoms with Gasteiger partial charge >= 0.3 is 5.97 Å². The van der Waals surface area contributed by atoms with Gasteiger partial charge in [-0.25, -0.2) is 22.4 Å². The molecular weight excluding hydrogens is 418 g/mol. The van der Waals surface area contributed by atoms with E-state index in [4.69, 9.17) is 0 Å². The van der Waals surface area contributed by atoms with Crippen LogP contribution in [0.4, 0.5) is 17.6 Å². The van der Waals surface area contributed by atoms with Crippen LogP contribution in [-0.4, -0.2) is 51.4 Å². The summed E-state index contributed by atoms with van der Waals surface area (Å²) >= 11 is 0. The number of benzene rings is 2. The number of rotatable bonds is 3. The highest BCUT2D eigenvalue weighted by atomic mass is 19.2. The number of aliphatic hydroxyl groups is 2. The first-order valence-corrected chi connectivity index (χ1v) is 9.80. The van der Waals surface area contributed by atoms with Crippen molar-refractivity contribution >= 4 is 5.97 Å². The largest absolute Gasteiger partial charge is 0.479 e. The Morgan fingerprint density at radius 3 is 1.68 bits per heavy atom. The van der Waals surface area contributed by atoms with Gasteiger partial charge in [-0.3, -0.25) is 0 Å². The summed E-state index contributed by atoms with van der Waals surface area (Å²) < 4.78 is 52.2. The minimum atomic E-state index is -2.84. The molecule has 0 spiro atoms. The third kappa shape index (κ3) is 4.58. The number of fused-ring (bicyclic) bond motifs is 2. The SMILES string of the molecule is CN1[C@@H]2CC[C@H]1CC(O)C2.O=C(O)C(O)(c1ccc(F)c(F)c1)c1ccc(F)c(F)c1. The van der Waals surface area contributed by atoms with Gasteiger partial charge in [0.05, 0.1) is 6.10 Å². The van der Waals surface area contributed by atoms with E-state index in [0.29, 0.717) is 36.3 Å². The highest BCUT2D eigenvalue weighted by Gasteiger charge is 2.41. The molecule has 0 saturated carbocycles. The number of carboxylic acids is 1. The topological polar surface area (TPSA) is 81.0 Å². The van der Waals surface area contributed by atoms with Gasteiger partial charge in [0.2, 0.25) is 5.60 Å². The summed E-state index contributed by atoms with van der Waals surface area (Å²) in [6, 6.07) is 5.26. The van der Waals surface area contributed by atoms with Crippen molar-refractivity contribution in [2.75, 3.05) is 7.05 Å². The molecule has 2 aromatic rings. The predicted molar refractivity (Wildman–Crippen MR) is 103 cm³/mol. The molecule has 9 heteroatoms. The van der Waals surface area contributed by atoms with Gasteiger partial charge in [-0.2, -0.15) is 0 Å². The zero-order chi connectivity index (χ0) is 22.9. The van der Waals surface area contributed by atoms with Crippen LogP contribution < -0.4 is 0 Å². The van der Waals surface area contributed by atoms with Gasteiger partial charge in [-0.15, -0.1) is 0 Å². The zero-order valence-electron chi connectivity index (χ0n) is 16.7. The van der Waals surface area contributed by atoms with Crippen LogP contribution in [-0.2, 0) is 10.4 Å². The van der Waals surface area contributed by atoms with Gasteiger partial charge in [-0.1, -0.05) is 12.1 Å². The number of halogens is 4. The van der Waals surface area contributed by atoms with Crippen molar-refractivity contribution in [1.29, 1.82) is 0 Å². The number of carboxylic acid groups (broad SMARTS) is 1. The predicted octanol–water partition coefficient (Wildman–Crippen LogP) is 3.17. The molecule has 2 saturated heterocycles. The smallest absolute Gasteiger partial charge is 0.345 e. The lowest BCUT2D eigenvalue weighted by molar-refractivity contribution is -0.155. The van der Waals surface area contributed by atoms with Gasteiger partial charge < -0.3 is 20.2 Å². The summed E-state index contributed by atoms with van der Waals surface area (Å²) in [6.45, 7) is 0. The third-order valence-electron chi connectivity index (χ3n) is 6.06. The van der Waals surface area contributed by atoms with E-state index in [2.05, 4.69) is 11.9 Å². The molecule has 3 atom stereocenters. The molecule has 1 unspecified atom stereocenters. The number of piperidine rings is 1. The molecule has 168 valence electrons. The van der Waals surface area contributed by atoms with Crippen LogP contribution in [0.25, 0.3) is 0 Å². The maximum atomic E-state index is 13.2. The maximum Gasteiger partial charge on any atom is 0.345 e. The summed E-state index contributed by atoms with van der Waals surface area (Å²) in [5, 5.41) is 28.8. The fourth-order valence-corrected chi connectivity index (χ4v) is 4.24. The van der Waals surface area contributed by atoms with Crippen LogP contribution in [0.2, 0.25) is 0 Å². The van der Waals surface area contributed by atoms with E-state index in [9.17, 15) is 37.7 Å². The number of aliphatic hydroxyl groups excluding tert-OH is 1. The average Bonchev–Trinajstić information content (AvgIpc) is 2.93. The van der Waals surface area contributed by atoms with E-state index in [1.165, 1.54) is 12.8 Å². The minimum absolute atomic E-state index is 0.00583. The molecule has 2 aliphatic heterocycles. The number of carbonyl (C=O) groups is 1. The van der Waals surface area contributed by atoms with E-state index in [1.54, 1.807) is 0 Å². The fraction of sp³-hybridized carbons (Fsp3) is 0.409. The van der Waals surface area contributed by atoms with E-state index in [1.807, 2.05) is 0 Å². The molecule has 4 rings (SSSR count). The molecule has 2 heterocycles. The maximum absolute atomic E-state index is 13.2. The monoisotopic (exact) mass is 441 g/mol. The van der Waals surface area contributed by atoms with Crippen molar-refractivity contribution in [2.24, 2.45) is 0 Å². The van der Waals surface area contributed by atoms with Crippen LogP contribution in [0.5, 0.6) is 0 Å². The lowest BCUT2D eigenvalue weighted by Crippen LogP contribution is -2.41. The second-order valence-electron chi connectivity index (χ2n) is 7.95. The molecule has 2 aliphatic rings. The minimum Gasteiger partial charge on any atom is -0.479 e.